The SMILES string of the molecule is C#CCO.CC(C)(C)OC(=O)NCc1ccc(-c2nc3ccnc(C#CCO)c3cc2-c2ccccc2)cc1.CC(C)(C)OC(=O)NCc1ccc(-c2nc3ccnc(CCCO)c3cc2-c2ccccc2)cc1.CC(C)(C)OC(=O)NCc1ccc(-c2nc3ccnc(Cl)c3cc2-c2ccccc2)cc1.Cl.[Cl-].[NH3+]Cc1ccc(-c2nc3ccnc(CCCO)c3cc2-c2ccccc2)cc1. The maximum atomic E-state index is 12.0. The normalized spacial score (nSPS) is 10.9. The Hall–Kier alpha value is -14.4. The fraction of sp³-hybridized carbons (Fsp3) is 0.216. The first-order valence-corrected chi connectivity index (χ1v) is 44.5. The number of halogens is 3. The number of aliphatic hydroxyl groups is 4. The Labute approximate surface area is 810 Å². The third kappa shape index (κ3) is 29.6. The number of nitrogens with zero attached hydrogens (tertiary/aromatic N) is 8. The highest BCUT2D eigenvalue weighted by molar-refractivity contribution is 6.34. The number of carbonyl (C=O) groups excluding carboxylic acids is 3. The molecule has 25 heteroatoms. The molecule has 0 spiro atoms. The van der Waals surface area contributed by atoms with E-state index in [4.69, 9.17) is 56.0 Å². The number of ether oxygens (including phenoxy) is 3. The number of amides is 3. The van der Waals surface area contributed by atoms with Gasteiger partial charge in [0.15, 0.2) is 0 Å². The first kappa shape index (κ1) is 104. The number of hydrogen-bond donors (Lipinski definition) is 8. The van der Waals surface area contributed by atoms with Crippen molar-refractivity contribution in [3.8, 4) is 114 Å². The molecule has 0 aliphatic carbocycles. The summed E-state index contributed by atoms with van der Waals surface area (Å²) in [6, 6.07) is 89.1. The smallest absolute Gasteiger partial charge is 0.407 e. The van der Waals surface area contributed by atoms with Crippen LogP contribution in [0, 0.1) is 24.2 Å². The van der Waals surface area contributed by atoms with Crippen LogP contribution >= 0.6 is 24.0 Å². The number of hydrogen-bond acceptors (Lipinski definition) is 18. The molecule has 136 heavy (non-hydrogen) atoms. The number of aromatic nitrogens is 8. The van der Waals surface area contributed by atoms with Crippen LogP contribution in [-0.4, -0.2) is 122 Å². The lowest BCUT2D eigenvalue weighted by atomic mass is 9.96. The minimum atomic E-state index is -0.539. The van der Waals surface area contributed by atoms with Gasteiger partial charge in [0, 0.05) is 141 Å². The van der Waals surface area contributed by atoms with Crippen LogP contribution in [0.25, 0.3) is 133 Å². The van der Waals surface area contributed by atoms with Crippen LogP contribution in [0.3, 0.4) is 0 Å². The van der Waals surface area contributed by atoms with Gasteiger partial charge in [0.05, 0.1) is 51.4 Å². The van der Waals surface area contributed by atoms with Gasteiger partial charge >= 0.3 is 18.3 Å². The molecule has 22 nitrogen and oxygen atoms in total. The zero-order valence-electron chi connectivity index (χ0n) is 77.5. The second kappa shape index (κ2) is 50.1. The summed E-state index contributed by atoms with van der Waals surface area (Å²) < 4.78 is 15.9. The Morgan fingerprint density at radius 3 is 0.949 bits per heavy atom. The highest BCUT2D eigenvalue weighted by atomic mass is 35.5. The van der Waals surface area contributed by atoms with Crippen molar-refractivity contribution >= 4 is 85.9 Å². The first-order chi connectivity index (χ1) is 64.7. The molecule has 8 aromatic heterocycles. The van der Waals surface area contributed by atoms with Crippen molar-refractivity contribution in [1.29, 1.82) is 0 Å². The number of aryl methyl sites for hydroxylation is 2. The van der Waals surface area contributed by atoms with Crippen LogP contribution in [0.1, 0.15) is 114 Å². The maximum absolute atomic E-state index is 12.0. The van der Waals surface area contributed by atoms with Crippen LogP contribution < -0.4 is 34.1 Å². The second-order valence-corrected chi connectivity index (χ2v) is 34.5. The fourth-order valence-corrected chi connectivity index (χ4v) is 14.7. The van der Waals surface area contributed by atoms with E-state index in [0.29, 0.717) is 49.7 Å². The van der Waals surface area contributed by atoms with Crippen molar-refractivity contribution in [1.82, 2.24) is 55.8 Å². The summed E-state index contributed by atoms with van der Waals surface area (Å²) in [6.07, 6.45) is 12.9. The summed E-state index contributed by atoms with van der Waals surface area (Å²) in [4.78, 5) is 73.5. The van der Waals surface area contributed by atoms with Gasteiger partial charge in [-0.25, -0.2) is 44.3 Å². The third-order valence-corrected chi connectivity index (χ3v) is 21.0. The van der Waals surface area contributed by atoms with Crippen molar-refractivity contribution in [2.24, 2.45) is 0 Å². The molecule has 696 valence electrons. The average Bonchev–Trinajstić information content (AvgIpc) is 0.781. The molecule has 0 aliphatic heterocycles. The van der Waals surface area contributed by atoms with Crippen molar-refractivity contribution in [3.63, 3.8) is 0 Å². The molecule has 8 aromatic carbocycles. The van der Waals surface area contributed by atoms with Crippen LogP contribution in [0.5, 0.6) is 0 Å². The lowest BCUT2D eigenvalue weighted by molar-refractivity contribution is -0.386. The van der Waals surface area contributed by atoms with Crippen molar-refractivity contribution in [2.75, 3.05) is 26.4 Å². The molecule has 8 heterocycles. The van der Waals surface area contributed by atoms with Gasteiger partial charge < -0.3 is 68.7 Å². The number of carbonyl (C=O) groups is 3. The molecular formula is C111H111Cl3N12O10. The third-order valence-electron chi connectivity index (χ3n) is 20.7. The zero-order chi connectivity index (χ0) is 95.2. The van der Waals surface area contributed by atoms with Crippen LogP contribution in [0.4, 0.5) is 14.4 Å². The number of rotatable bonds is 21. The molecule has 3 amide bonds. The summed E-state index contributed by atoms with van der Waals surface area (Å²) in [5, 5.41) is 47.8. The maximum Gasteiger partial charge on any atom is 0.407 e. The summed E-state index contributed by atoms with van der Waals surface area (Å²) in [7, 11) is 0. The highest BCUT2D eigenvalue weighted by Crippen LogP contribution is 2.40. The van der Waals surface area contributed by atoms with Crippen molar-refractivity contribution < 1.29 is 67.2 Å². The van der Waals surface area contributed by atoms with Crippen LogP contribution in [0.2, 0.25) is 5.15 Å². The molecule has 16 aromatic rings. The Morgan fingerprint density at radius 1 is 0.375 bits per heavy atom. The lowest BCUT2D eigenvalue weighted by Gasteiger charge is -2.19. The summed E-state index contributed by atoms with van der Waals surface area (Å²) >= 11 is 6.34. The zero-order valence-corrected chi connectivity index (χ0v) is 79.8. The first-order valence-electron chi connectivity index (χ1n) is 44.2. The van der Waals surface area contributed by atoms with Gasteiger partial charge in [-0.3, -0.25) is 9.97 Å². The molecule has 0 aliphatic rings. The number of fused-ring (bicyclic) bond motifs is 4. The van der Waals surface area contributed by atoms with Gasteiger partial charge in [0.1, 0.15) is 40.9 Å². The standard InChI is InChI=1S/C29H31N3O3.C29H27N3O3.C26H24ClN3O2.C24H23N3O.C3H4O.2ClH/c2*1-29(2,3)35-28(34)31-19-20-11-13-22(14-12-20)27-23(21-8-5-4-6-9-21)18-24-25(10-7-17-33)30-16-15-26(24)32-27;1-26(2,3)32-25(31)29-16-17-9-11-19(12-10-17)23-20(18-7-5-4-6-8-18)15-21-22(30-23)13-14-28-24(21)27;25-16-17-8-10-19(11-9-17)24-20(18-5-2-1-3-6-18)15-21-22(7-4-14-28)26-13-12-23(21)27-24;1-2-3-4;;/h4-6,8-9,11-16,18,33H,7,10,17,19H2,1-3H3,(H,31,34);4-6,8-9,11-16,18,33H,17,19H2,1-3H3,(H,31,34);4-15H,16H2,1-3H3,(H,29,31);1-3,5-6,8-13,15,28H,4,7,14,16,25H2;1,4H,3H2;2*1H. The number of terminal acetylenes is 1. The number of alkyl carbamates (subject to hydrolysis) is 3. The number of pyridine rings is 8. The largest absolute Gasteiger partial charge is 1.00 e. The van der Waals surface area contributed by atoms with E-state index >= 15 is 0 Å². The Kier molecular flexibility index (Phi) is 38.2. The molecule has 0 bridgehead atoms. The van der Waals surface area contributed by atoms with E-state index in [0.717, 1.165) is 174 Å². The van der Waals surface area contributed by atoms with Crippen LogP contribution in [0.15, 0.2) is 292 Å². The summed E-state index contributed by atoms with van der Waals surface area (Å²) in [5.74, 6) is 7.59. The Balaban J connectivity index is 0.000000184. The van der Waals surface area contributed by atoms with Gasteiger partial charge in [0.25, 0.3) is 0 Å². The van der Waals surface area contributed by atoms with Gasteiger partial charge in [0.2, 0.25) is 0 Å². The number of benzene rings is 8. The highest BCUT2D eigenvalue weighted by Gasteiger charge is 2.23. The predicted molar refractivity (Wildman–Crippen MR) is 540 cm³/mol. The molecule has 0 atom stereocenters. The molecule has 0 radical (unpaired) electrons. The van der Waals surface area contributed by atoms with Crippen molar-refractivity contribution in [2.45, 2.75) is 131 Å². The van der Waals surface area contributed by atoms with E-state index in [1.807, 2.05) is 256 Å². The van der Waals surface area contributed by atoms with Gasteiger partial charge in [-0.2, -0.15) is 0 Å². The van der Waals surface area contributed by atoms with E-state index in [9.17, 15) is 24.6 Å². The molecule has 16 rings (SSSR count). The number of quaternary nitrogens is 1. The average molecular weight is 1880 g/mol. The predicted octanol–water partition coefficient (Wildman–Crippen LogP) is 18.6. The van der Waals surface area contributed by atoms with E-state index in [1.54, 1.807) is 24.8 Å². The summed E-state index contributed by atoms with van der Waals surface area (Å²) in [6.45, 7) is 18.3. The van der Waals surface area contributed by atoms with Crippen LogP contribution in [-0.2, 0) is 53.2 Å². The quantitative estimate of drug-likeness (QED) is 0.0188. The minimum Gasteiger partial charge on any atom is -1.00 e. The summed E-state index contributed by atoms with van der Waals surface area (Å²) in [5.41, 5.74) is 28.2. The van der Waals surface area contributed by atoms with E-state index in [2.05, 4.69) is 139 Å². The minimum absolute atomic E-state index is 0. The van der Waals surface area contributed by atoms with Gasteiger partial charge in [-0.05, 0) is 181 Å². The molecule has 0 unspecified atom stereocenters. The molecule has 0 saturated heterocycles. The van der Waals surface area contributed by atoms with Crippen molar-refractivity contribution in [3.05, 3.63) is 336 Å². The monoisotopic (exact) mass is 1880 g/mol. The van der Waals surface area contributed by atoms with Gasteiger partial charge in [-0.15, -0.1) is 18.8 Å². The lowest BCUT2D eigenvalue weighted by Crippen LogP contribution is -3.00. The molecular weight excluding hydrogens is 1770 g/mol. The Bertz CT molecular complexity index is 6780. The number of nitrogens with one attached hydrogen (secondary N) is 3. The molecule has 0 fully saturated rings. The number of aliphatic hydroxyl groups excluding tert-OH is 4. The molecule has 0 saturated carbocycles. The molecule has 10 N–H and O–H groups in total. The van der Waals surface area contributed by atoms with E-state index in [1.165, 1.54) is 5.56 Å². The second-order valence-electron chi connectivity index (χ2n) is 34.1. The fourth-order valence-electron chi connectivity index (χ4n) is 14.4. The van der Waals surface area contributed by atoms with E-state index in [-0.39, 0.29) is 51.2 Å². The Morgan fingerprint density at radius 2 is 0.654 bits per heavy atom. The van der Waals surface area contributed by atoms with E-state index < -0.39 is 35.1 Å². The van der Waals surface area contributed by atoms with Gasteiger partial charge in [-0.1, -0.05) is 242 Å². The topological polar surface area (TPSA) is 327 Å².